The van der Waals surface area contributed by atoms with E-state index in [1.807, 2.05) is 0 Å². The second kappa shape index (κ2) is 3.07. The van der Waals surface area contributed by atoms with Gasteiger partial charge < -0.3 is 5.73 Å². The minimum absolute atomic E-state index is 0.271. The maximum absolute atomic E-state index is 6.06. The molecule has 1 aliphatic rings. The summed E-state index contributed by atoms with van der Waals surface area (Å²) < 4.78 is 1.16. The zero-order valence-corrected chi connectivity index (χ0v) is 10.4. The molecular formula is C12H16BrN. The van der Waals surface area contributed by atoms with E-state index in [-0.39, 0.29) is 5.41 Å². The second-order valence-corrected chi connectivity index (χ2v) is 5.80. The van der Waals surface area contributed by atoms with Crippen molar-refractivity contribution in [2.24, 2.45) is 11.1 Å². The SMILES string of the molecule is Cc1cc(Br)cc([C@H]2[C@H](N)C2(C)C)c1. The molecule has 76 valence electrons. The summed E-state index contributed by atoms with van der Waals surface area (Å²) in [5.41, 5.74) is 9.00. The zero-order chi connectivity index (χ0) is 10.5. The Morgan fingerprint density at radius 2 is 1.86 bits per heavy atom. The monoisotopic (exact) mass is 253 g/mol. The van der Waals surface area contributed by atoms with Gasteiger partial charge in [-0.2, -0.15) is 0 Å². The van der Waals surface area contributed by atoms with E-state index in [1.54, 1.807) is 0 Å². The topological polar surface area (TPSA) is 26.0 Å². The molecule has 0 radical (unpaired) electrons. The first kappa shape index (κ1) is 10.2. The van der Waals surface area contributed by atoms with Crippen LogP contribution in [-0.2, 0) is 0 Å². The number of hydrogen-bond acceptors (Lipinski definition) is 1. The maximum Gasteiger partial charge on any atom is 0.0180 e. The van der Waals surface area contributed by atoms with Crippen molar-refractivity contribution >= 4 is 15.9 Å². The van der Waals surface area contributed by atoms with E-state index in [2.05, 4.69) is 54.9 Å². The van der Waals surface area contributed by atoms with Crippen LogP contribution in [0.3, 0.4) is 0 Å². The Morgan fingerprint density at radius 3 is 2.29 bits per heavy atom. The Balaban J connectivity index is 2.35. The fraction of sp³-hybridized carbons (Fsp3) is 0.500. The molecule has 0 spiro atoms. The lowest BCUT2D eigenvalue weighted by atomic mass is 10.0. The van der Waals surface area contributed by atoms with Gasteiger partial charge in [-0.15, -0.1) is 0 Å². The van der Waals surface area contributed by atoms with Gasteiger partial charge in [-0.25, -0.2) is 0 Å². The van der Waals surface area contributed by atoms with Crippen LogP contribution in [0, 0.1) is 12.3 Å². The molecule has 2 N–H and O–H groups in total. The van der Waals surface area contributed by atoms with Gasteiger partial charge >= 0.3 is 0 Å². The van der Waals surface area contributed by atoms with E-state index in [0.29, 0.717) is 12.0 Å². The van der Waals surface area contributed by atoms with Crippen LogP contribution in [0.1, 0.15) is 30.9 Å². The Kier molecular flexibility index (Phi) is 2.24. The molecule has 0 saturated heterocycles. The zero-order valence-electron chi connectivity index (χ0n) is 8.84. The minimum atomic E-state index is 0.271. The van der Waals surface area contributed by atoms with Crippen molar-refractivity contribution in [3.8, 4) is 0 Å². The molecule has 0 unspecified atom stereocenters. The average molecular weight is 254 g/mol. The normalized spacial score (nSPS) is 28.9. The molecule has 0 heterocycles. The first-order valence-electron chi connectivity index (χ1n) is 4.95. The Morgan fingerprint density at radius 1 is 1.29 bits per heavy atom. The summed E-state index contributed by atoms with van der Waals surface area (Å²) >= 11 is 3.53. The van der Waals surface area contributed by atoms with Crippen molar-refractivity contribution in [3.63, 3.8) is 0 Å². The first-order chi connectivity index (χ1) is 6.43. The molecule has 14 heavy (non-hydrogen) atoms. The second-order valence-electron chi connectivity index (χ2n) is 4.89. The summed E-state index contributed by atoms with van der Waals surface area (Å²) in [6, 6.07) is 6.87. The molecule has 2 heteroatoms. The molecule has 0 amide bonds. The molecular weight excluding hydrogens is 238 g/mol. The highest BCUT2D eigenvalue weighted by Crippen LogP contribution is 2.57. The highest BCUT2D eigenvalue weighted by molar-refractivity contribution is 9.10. The van der Waals surface area contributed by atoms with Crippen molar-refractivity contribution in [1.82, 2.24) is 0 Å². The van der Waals surface area contributed by atoms with E-state index in [4.69, 9.17) is 5.73 Å². The third-order valence-corrected chi connectivity index (χ3v) is 3.79. The first-order valence-corrected chi connectivity index (χ1v) is 5.75. The molecule has 1 aliphatic carbocycles. The number of halogens is 1. The smallest absolute Gasteiger partial charge is 0.0180 e. The standard InChI is InChI=1S/C12H16BrN/c1-7-4-8(6-9(13)5-7)10-11(14)12(10,2)3/h4-6,10-11H,14H2,1-3H3/t10-,11-/m0/s1. The van der Waals surface area contributed by atoms with Gasteiger partial charge in [0.2, 0.25) is 0 Å². The summed E-state index contributed by atoms with van der Waals surface area (Å²) in [6.07, 6.45) is 0. The molecule has 2 atom stereocenters. The lowest BCUT2D eigenvalue weighted by Gasteiger charge is -2.05. The van der Waals surface area contributed by atoms with Crippen molar-refractivity contribution in [2.75, 3.05) is 0 Å². The predicted octanol–water partition coefficient (Wildman–Crippen LogP) is 3.21. The van der Waals surface area contributed by atoms with Crippen LogP contribution in [0.15, 0.2) is 22.7 Å². The van der Waals surface area contributed by atoms with E-state index >= 15 is 0 Å². The molecule has 1 nitrogen and oxygen atoms in total. The summed E-state index contributed by atoms with van der Waals surface area (Å²) in [4.78, 5) is 0. The van der Waals surface area contributed by atoms with E-state index in [0.717, 1.165) is 4.47 Å². The van der Waals surface area contributed by atoms with Crippen LogP contribution < -0.4 is 5.73 Å². The molecule has 1 fully saturated rings. The number of benzene rings is 1. The molecule has 1 saturated carbocycles. The van der Waals surface area contributed by atoms with E-state index in [1.165, 1.54) is 11.1 Å². The fourth-order valence-corrected chi connectivity index (χ4v) is 2.88. The van der Waals surface area contributed by atoms with Gasteiger partial charge in [-0.3, -0.25) is 0 Å². The minimum Gasteiger partial charge on any atom is -0.327 e. The largest absolute Gasteiger partial charge is 0.327 e. The molecule has 0 aromatic heterocycles. The molecule has 0 aliphatic heterocycles. The summed E-state index contributed by atoms with van der Waals surface area (Å²) in [7, 11) is 0. The van der Waals surface area contributed by atoms with Gasteiger partial charge in [0.05, 0.1) is 0 Å². The molecule has 2 rings (SSSR count). The summed E-state index contributed by atoms with van der Waals surface area (Å²) in [6.45, 7) is 6.59. The quantitative estimate of drug-likeness (QED) is 0.818. The van der Waals surface area contributed by atoms with Crippen LogP contribution in [0.5, 0.6) is 0 Å². The number of nitrogens with two attached hydrogens (primary N) is 1. The molecule has 1 aromatic carbocycles. The average Bonchev–Trinajstić information content (AvgIpc) is 2.48. The molecule has 0 bridgehead atoms. The van der Waals surface area contributed by atoms with Gasteiger partial charge in [0, 0.05) is 16.4 Å². The van der Waals surface area contributed by atoms with Gasteiger partial charge in [-0.05, 0) is 35.6 Å². The van der Waals surface area contributed by atoms with Crippen LogP contribution in [0.4, 0.5) is 0 Å². The van der Waals surface area contributed by atoms with E-state index in [9.17, 15) is 0 Å². The highest BCUT2D eigenvalue weighted by Gasteiger charge is 2.56. The Bertz CT molecular complexity index is 350. The summed E-state index contributed by atoms with van der Waals surface area (Å²) in [5.74, 6) is 0.527. The van der Waals surface area contributed by atoms with E-state index < -0.39 is 0 Å². The van der Waals surface area contributed by atoms with Crippen molar-refractivity contribution in [2.45, 2.75) is 32.7 Å². The lowest BCUT2D eigenvalue weighted by molar-refractivity contribution is 0.599. The van der Waals surface area contributed by atoms with Crippen LogP contribution in [-0.4, -0.2) is 6.04 Å². The van der Waals surface area contributed by atoms with Gasteiger partial charge in [0.25, 0.3) is 0 Å². The van der Waals surface area contributed by atoms with Gasteiger partial charge in [0.15, 0.2) is 0 Å². The Labute approximate surface area is 93.8 Å². The van der Waals surface area contributed by atoms with Gasteiger partial charge in [0.1, 0.15) is 0 Å². The van der Waals surface area contributed by atoms with Crippen molar-refractivity contribution in [3.05, 3.63) is 33.8 Å². The van der Waals surface area contributed by atoms with Crippen LogP contribution in [0.25, 0.3) is 0 Å². The summed E-state index contributed by atoms with van der Waals surface area (Å²) in [5, 5.41) is 0. The number of rotatable bonds is 1. The maximum atomic E-state index is 6.06. The Hall–Kier alpha value is -0.340. The predicted molar refractivity (Wildman–Crippen MR) is 63.4 cm³/mol. The van der Waals surface area contributed by atoms with Crippen LogP contribution >= 0.6 is 15.9 Å². The number of aryl methyl sites for hydroxylation is 1. The number of hydrogen-bond donors (Lipinski definition) is 1. The molecule has 1 aromatic rings. The third-order valence-electron chi connectivity index (χ3n) is 3.33. The third kappa shape index (κ3) is 1.51. The van der Waals surface area contributed by atoms with Crippen LogP contribution in [0.2, 0.25) is 0 Å². The highest BCUT2D eigenvalue weighted by atomic mass is 79.9. The fourth-order valence-electron chi connectivity index (χ4n) is 2.26. The van der Waals surface area contributed by atoms with Gasteiger partial charge in [-0.1, -0.05) is 35.8 Å². The lowest BCUT2D eigenvalue weighted by Crippen LogP contribution is -2.06. The van der Waals surface area contributed by atoms with Crippen molar-refractivity contribution < 1.29 is 0 Å². The van der Waals surface area contributed by atoms with Crippen molar-refractivity contribution in [1.29, 1.82) is 0 Å².